The lowest BCUT2D eigenvalue weighted by molar-refractivity contribution is -0.199. The molecule has 5 amide bonds. The third-order valence-corrected chi connectivity index (χ3v) is 13.5. The van der Waals surface area contributed by atoms with Gasteiger partial charge in [-0.3, -0.25) is 14.9 Å². The number of nitrogens with zero attached hydrogens (tertiary/aromatic N) is 3. The van der Waals surface area contributed by atoms with Crippen LogP contribution in [0.1, 0.15) is 94.5 Å². The number of methoxy groups -OCH3 is 1. The van der Waals surface area contributed by atoms with Crippen LogP contribution < -0.4 is 20.7 Å². The van der Waals surface area contributed by atoms with Gasteiger partial charge in [-0.25, -0.2) is 19.4 Å². The summed E-state index contributed by atoms with van der Waals surface area (Å²) in [4.78, 5) is 75.3. The highest BCUT2D eigenvalue weighted by Gasteiger charge is 2.68. The van der Waals surface area contributed by atoms with Crippen molar-refractivity contribution < 1.29 is 47.5 Å². The van der Waals surface area contributed by atoms with Gasteiger partial charge in [0.15, 0.2) is 11.2 Å². The highest BCUT2D eigenvalue weighted by atomic mass is 32.1. The van der Waals surface area contributed by atoms with Crippen molar-refractivity contribution in [1.82, 2.24) is 25.4 Å². The number of aromatic nitrogens is 1. The highest BCUT2D eigenvalue weighted by molar-refractivity contribution is 7.13. The van der Waals surface area contributed by atoms with Crippen molar-refractivity contribution in [2.24, 2.45) is 17.3 Å². The van der Waals surface area contributed by atoms with E-state index in [1.165, 1.54) is 12.0 Å². The largest absolute Gasteiger partial charge is 0.496 e. The fourth-order valence-electron chi connectivity index (χ4n) is 9.30. The first-order valence-electron chi connectivity index (χ1n) is 21.2. The summed E-state index contributed by atoms with van der Waals surface area (Å²) < 4.78 is 30.6. The Morgan fingerprint density at radius 3 is 2.47 bits per heavy atom. The standard InChI is InChI=1S/C44H57BN6O10S/c1-9-50-18-19-51(23-34(50)52)40(55)48-35(30-25-62-39(46-30)49-41(56)58-24-26-14-11-10-12-15-26)37(53)47-33(45-60-32-22-28-21-31(43(28,5)6)44(32,7)61-45)20-27-16-13-17-29(36(27)57-8)38(54)59-42(2,3)4/h10-17,25,28,31-33,35H,9,18-24H2,1-8H3,(H,47,53)(H,48,55)(H,46,49,56)/t28?,31?,32?,33-,35?,44-/m0/s1. The number of benzene rings is 2. The molecule has 0 spiro atoms. The summed E-state index contributed by atoms with van der Waals surface area (Å²) in [6, 6.07) is 12.3. The maximum absolute atomic E-state index is 14.8. The van der Waals surface area contributed by atoms with Crippen LogP contribution in [0, 0.1) is 17.3 Å². The first kappa shape index (κ1) is 44.8. The van der Waals surface area contributed by atoms with Crippen LogP contribution >= 0.6 is 11.3 Å². The number of para-hydroxylation sites is 1. The van der Waals surface area contributed by atoms with E-state index in [0.29, 0.717) is 24.6 Å². The van der Waals surface area contributed by atoms with Crippen molar-refractivity contribution >= 4 is 53.5 Å². The number of carbonyl (C=O) groups is 5. The van der Waals surface area contributed by atoms with Crippen molar-refractivity contribution in [1.29, 1.82) is 0 Å². The number of anilines is 1. The number of thiazole rings is 1. The van der Waals surface area contributed by atoms with Crippen LogP contribution in [0.5, 0.6) is 5.75 Å². The smallest absolute Gasteiger partial charge is 0.482 e. The summed E-state index contributed by atoms with van der Waals surface area (Å²) in [5, 5.41) is 10.3. The average molecular weight is 873 g/mol. The van der Waals surface area contributed by atoms with Crippen molar-refractivity contribution in [3.63, 3.8) is 0 Å². The zero-order chi connectivity index (χ0) is 44.6. The topological polar surface area (TPSA) is 187 Å². The summed E-state index contributed by atoms with van der Waals surface area (Å²) in [5.41, 5.74) is 0.403. The van der Waals surface area contributed by atoms with E-state index >= 15 is 0 Å². The van der Waals surface area contributed by atoms with E-state index in [2.05, 4.69) is 41.7 Å². The summed E-state index contributed by atoms with van der Waals surface area (Å²) in [7, 11) is 0.539. The number of amides is 5. The van der Waals surface area contributed by atoms with E-state index in [9.17, 15) is 24.0 Å². The van der Waals surface area contributed by atoms with Gasteiger partial charge in [0.1, 0.15) is 30.1 Å². The third kappa shape index (κ3) is 9.42. The molecule has 4 unspecified atom stereocenters. The number of urea groups is 1. The number of hydrogen-bond donors (Lipinski definition) is 3. The number of ether oxygens (including phenoxy) is 3. The fraction of sp³-hybridized carbons (Fsp3) is 0.545. The molecule has 0 radical (unpaired) electrons. The molecule has 5 fully saturated rings. The van der Waals surface area contributed by atoms with Gasteiger partial charge in [-0.1, -0.05) is 56.3 Å². The number of rotatable bonds is 13. The Morgan fingerprint density at radius 1 is 1.03 bits per heavy atom. The summed E-state index contributed by atoms with van der Waals surface area (Å²) in [5.74, 6) is -1.31. The Balaban J connectivity index is 1.18. The molecular weight excluding hydrogens is 815 g/mol. The van der Waals surface area contributed by atoms with Crippen molar-refractivity contribution in [2.75, 3.05) is 38.6 Å². The molecular formula is C44H57BN6O10S. The van der Waals surface area contributed by atoms with E-state index in [-0.39, 0.29) is 71.6 Å². The molecule has 62 heavy (non-hydrogen) atoms. The number of likely N-dealkylation sites (N-methyl/N-ethyl adjacent to an activating group) is 1. The van der Waals surface area contributed by atoms with Crippen LogP contribution in [0.15, 0.2) is 53.9 Å². The summed E-state index contributed by atoms with van der Waals surface area (Å²) >= 11 is 1.05. The first-order valence-corrected chi connectivity index (χ1v) is 22.1. The number of carbonyl (C=O) groups excluding carboxylic acids is 5. The van der Waals surface area contributed by atoms with Gasteiger partial charge < -0.3 is 44.0 Å². The molecule has 3 aromatic rings. The molecule has 1 aromatic heterocycles. The quantitative estimate of drug-likeness (QED) is 0.140. The van der Waals surface area contributed by atoms with Crippen molar-refractivity contribution in [2.45, 2.75) is 104 Å². The molecule has 2 aliphatic heterocycles. The third-order valence-electron chi connectivity index (χ3n) is 12.7. The molecule has 2 saturated heterocycles. The second-order valence-corrected chi connectivity index (χ2v) is 19.1. The van der Waals surface area contributed by atoms with E-state index in [4.69, 9.17) is 23.5 Å². The molecule has 3 heterocycles. The van der Waals surface area contributed by atoms with Gasteiger partial charge in [0.05, 0.1) is 30.4 Å². The molecule has 2 aromatic carbocycles. The Kier molecular flexibility index (Phi) is 12.9. The predicted octanol–water partition coefficient (Wildman–Crippen LogP) is 5.77. The van der Waals surface area contributed by atoms with Gasteiger partial charge in [0.25, 0.3) is 0 Å². The fourth-order valence-corrected chi connectivity index (χ4v) is 10.0. The molecule has 16 nitrogen and oxygen atoms in total. The lowest BCUT2D eigenvalue weighted by atomic mass is 9.43. The van der Waals surface area contributed by atoms with Gasteiger partial charge in [0.2, 0.25) is 11.8 Å². The van der Waals surface area contributed by atoms with Crippen LogP contribution in [-0.4, -0.2) is 108 Å². The van der Waals surface area contributed by atoms with E-state index in [1.807, 2.05) is 37.3 Å². The number of nitrogens with one attached hydrogen (secondary N) is 3. The van der Waals surface area contributed by atoms with E-state index < -0.39 is 54.3 Å². The second-order valence-electron chi connectivity index (χ2n) is 18.2. The Bertz CT molecular complexity index is 2170. The molecule has 18 heteroatoms. The first-order chi connectivity index (χ1) is 29.4. The van der Waals surface area contributed by atoms with Crippen LogP contribution in [-0.2, 0) is 41.4 Å². The molecule has 5 aliphatic rings. The molecule has 2 bridgehead atoms. The maximum atomic E-state index is 14.8. The zero-order valence-corrected chi connectivity index (χ0v) is 37.5. The summed E-state index contributed by atoms with van der Waals surface area (Å²) in [6.07, 6.45) is 0.951. The van der Waals surface area contributed by atoms with Gasteiger partial charge in [-0.05, 0) is 88.3 Å². The lowest BCUT2D eigenvalue weighted by Gasteiger charge is -2.64. The van der Waals surface area contributed by atoms with Gasteiger partial charge in [-0.15, -0.1) is 11.3 Å². The van der Waals surface area contributed by atoms with Crippen LogP contribution in [0.2, 0.25) is 0 Å². The number of piperazine rings is 1. The molecule has 3 aliphatic carbocycles. The Labute approximate surface area is 366 Å². The second kappa shape index (κ2) is 17.9. The molecule has 6 atom stereocenters. The van der Waals surface area contributed by atoms with E-state index in [0.717, 1.165) is 29.7 Å². The van der Waals surface area contributed by atoms with Gasteiger partial charge in [-0.2, -0.15) is 0 Å². The number of esters is 1. The molecule has 8 rings (SSSR count). The minimum atomic E-state index is -1.39. The SMILES string of the molecule is CCN1CCN(C(=O)NC(C(=O)N[C@@H](Cc2cccc(C(=O)OC(C)(C)C)c2OC)B2OC3CC4CC(C4(C)C)[C@]3(C)O2)c2csc(NC(=O)OCc3ccccc3)n2)CC1=O. The normalized spacial score (nSPS) is 23.6. The minimum absolute atomic E-state index is 0.0347. The Morgan fingerprint density at radius 2 is 1.79 bits per heavy atom. The minimum Gasteiger partial charge on any atom is -0.496 e. The maximum Gasteiger partial charge on any atom is 0.482 e. The van der Waals surface area contributed by atoms with Crippen LogP contribution in [0.4, 0.5) is 14.7 Å². The van der Waals surface area contributed by atoms with Crippen LogP contribution in [0.3, 0.4) is 0 Å². The van der Waals surface area contributed by atoms with Crippen molar-refractivity contribution in [3.05, 3.63) is 76.3 Å². The Hall–Kier alpha value is -5.20. The number of hydrogen-bond acceptors (Lipinski definition) is 12. The molecule has 3 saturated carbocycles. The predicted molar refractivity (Wildman–Crippen MR) is 231 cm³/mol. The van der Waals surface area contributed by atoms with Gasteiger partial charge >= 0.3 is 25.2 Å². The average Bonchev–Trinajstić information content (AvgIpc) is 3.84. The van der Waals surface area contributed by atoms with Gasteiger partial charge in [0, 0.05) is 25.0 Å². The summed E-state index contributed by atoms with van der Waals surface area (Å²) in [6.45, 7) is 14.8. The monoisotopic (exact) mass is 872 g/mol. The van der Waals surface area contributed by atoms with Crippen molar-refractivity contribution in [3.8, 4) is 5.75 Å². The van der Waals surface area contributed by atoms with E-state index in [1.54, 1.807) is 49.3 Å². The van der Waals surface area contributed by atoms with Crippen LogP contribution in [0.25, 0.3) is 0 Å². The highest BCUT2D eigenvalue weighted by Crippen LogP contribution is 2.65. The molecule has 3 N–H and O–H groups in total. The lowest BCUT2D eigenvalue weighted by Crippen LogP contribution is -2.65. The molecule has 332 valence electrons. The zero-order valence-electron chi connectivity index (χ0n) is 36.6.